The van der Waals surface area contributed by atoms with Gasteiger partial charge >= 0.3 is 0 Å². The van der Waals surface area contributed by atoms with Gasteiger partial charge in [-0.2, -0.15) is 0 Å². The van der Waals surface area contributed by atoms with Crippen molar-refractivity contribution in [3.05, 3.63) is 52.4 Å². The number of nitrogens with zero attached hydrogens (tertiary/aromatic N) is 2. The molecule has 1 aromatic heterocycles. The Kier molecular flexibility index (Phi) is 7.06. The van der Waals surface area contributed by atoms with E-state index in [0.717, 1.165) is 22.8 Å². The maximum atomic E-state index is 11.3. The molecule has 1 aliphatic rings. The Morgan fingerprint density at radius 3 is 2.32 bits per heavy atom. The fourth-order valence-corrected chi connectivity index (χ4v) is 4.86. The van der Waals surface area contributed by atoms with Crippen molar-refractivity contribution < 1.29 is 8.42 Å². The zero-order valence-electron chi connectivity index (χ0n) is 16.0. The second-order valence-corrected chi connectivity index (χ2v) is 9.80. The van der Waals surface area contributed by atoms with Crippen molar-refractivity contribution in [3.63, 3.8) is 0 Å². The van der Waals surface area contributed by atoms with Gasteiger partial charge in [0.25, 0.3) is 0 Å². The first-order valence-corrected chi connectivity index (χ1v) is 11.7. The van der Waals surface area contributed by atoms with Gasteiger partial charge in [-0.05, 0) is 49.2 Å². The van der Waals surface area contributed by atoms with Crippen molar-refractivity contribution in [1.82, 2.24) is 15.5 Å². The molecule has 28 heavy (non-hydrogen) atoms. The van der Waals surface area contributed by atoms with Crippen molar-refractivity contribution in [2.75, 3.05) is 20.1 Å². The number of primary sulfonamides is 1. The van der Waals surface area contributed by atoms with Gasteiger partial charge in [0.15, 0.2) is 5.96 Å². The fourth-order valence-electron chi connectivity index (χ4n) is 3.14. The van der Waals surface area contributed by atoms with Gasteiger partial charge < -0.3 is 10.6 Å². The number of benzene rings is 1. The Hall–Kier alpha value is -1.94. The number of guanidine groups is 1. The first-order valence-electron chi connectivity index (χ1n) is 9.30. The standard InChI is InChI=1S/C19H27N5O2S2/c1-21-19(23-13-17-8-9-18(27-17)28(20,25)26)22-12-15-4-6-16(7-5-15)14-24-10-2-3-11-24/h4-9H,2-3,10-14H2,1H3,(H2,20,25,26)(H2,21,22,23). The van der Waals surface area contributed by atoms with Crippen LogP contribution >= 0.6 is 11.3 Å². The van der Waals surface area contributed by atoms with E-state index in [9.17, 15) is 8.42 Å². The second kappa shape index (κ2) is 9.51. The lowest BCUT2D eigenvalue weighted by Crippen LogP contribution is -2.36. The van der Waals surface area contributed by atoms with Crippen LogP contribution < -0.4 is 15.8 Å². The molecule has 152 valence electrons. The third kappa shape index (κ3) is 6.03. The van der Waals surface area contributed by atoms with Crippen LogP contribution in [0, 0.1) is 0 Å². The van der Waals surface area contributed by atoms with Crippen LogP contribution in [0.5, 0.6) is 0 Å². The number of rotatable bonds is 7. The predicted octanol–water partition coefficient (Wildman–Crippen LogP) is 1.86. The number of nitrogens with one attached hydrogen (secondary N) is 2. The van der Waals surface area contributed by atoms with Gasteiger partial charge in [0.1, 0.15) is 4.21 Å². The number of hydrogen-bond acceptors (Lipinski definition) is 5. The topological polar surface area (TPSA) is 99.8 Å². The first-order chi connectivity index (χ1) is 13.4. The third-order valence-electron chi connectivity index (χ3n) is 4.66. The number of hydrogen-bond donors (Lipinski definition) is 3. The van der Waals surface area contributed by atoms with E-state index in [-0.39, 0.29) is 4.21 Å². The average Bonchev–Trinajstić information content (AvgIpc) is 3.35. The molecule has 0 unspecified atom stereocenters. The van der Waals surface area contributed by atoms with Crippen LogP contribution in [0.15, 0.2) is 45.6 Å². The normalized spacial score (nSPS) is 15.7. The van der Waals surface area contributed by atoms with E-state index >= 15 is 0 Å². The van der Waals surface area contributed by atoms with Gasteiger partial charge in [0.05, 0.1) is 6.54 Å². The summed E-state index contributed by atoms with van der Waals surface area (Å²) in [4.78, 5) is 7.57. The minimum Gasteiger partial charge on any atom is -0.352 e. The van der Waals surface area contributed by atoms with Crippen LogP contribution in [-0.2, 0) is 29.7 Å². The summed E-state index contributed by atoms with van der Waals surface area (Å²) >= 11 is 1.16. The second-order valence-electron chi connectivity index (χ2n) is 6.84. The Labute approximate surface area is 170 Å². The molecule has 3 rings (SSSR count). The van der Waals surface area contributed by atoms with Crippen molar-refractivity contribution >= 4 is 27.3 Å². The molecule has 1 fully saturated rings. The molecule has 0 bridgehead atoms. The van der Waals surface area contributed by atoms with Crippen molar-refractivity contribution in [2.45, 2.75) is 36.7 Å². The lowest BCUT2D eigenvalue weighted by molar-refractivity contribution is 0.331. The third-order valence-corrected chi connectivity index (χ3v) is 7.18. The SMILES string of the molecule is CN=C(NCc1ccc(CN2CCCC2)cc1)NCc1ccc(S(N)(=O)=O)s1. The number of thiophene rings is 1. The van der Waals surface area contributed by atoms with Gasteiger partial charge in [0, 0.05) is 25.0 Å². The lowest BCUT2D eigenvalue weighted by atomic mass is 10.1. The van der Waals surface area contributed by atoms with Crippen LogP contribution in [0.1, 0.15) is 28.8 Å². The summed E-state index contributed by atoms with van der Waals surface area (Å²) in [5, 5.41) is 11.6. The average molecular weight is 422 g/mol. The lowest BCUT2D eigenvalue weighted by Gasteiger charge is -2.15. The van der Waals surface area contributed by atoms with E-state index in [2.05, 4.69) is 44.8 Å². The van der Waals surface area contributed by atoms with Gasteiger partial charge in [-0.3, -0.25) is 9.89 Å². The maximum Gasteiger partial charge on any atom is 0.247 e. The summed E-state index contributed by atoms with van der Waals surface area (Å²) in [5.41, 5.74) is 2.53. The summed E-state index contributed by atoms with van der Waals surface area (Å²) < 4.78 is 22.9. The molecule has 1 saturated heterocycles. The van der Waals surface area contributed by atoms with Gasteiger partial charge in [0.2, 0.25) is 10.0 Å². The van der Waals surface area contributed by atoms with Crippen molar-refractivity contribution in [2.24, 2.45) is 10.1 Å². The molecule has 0 saturated carbocycles. The summed E-state index contributed by atoms with van der Waals surface area (Å²) in [5.74, 6) is 0.659. The maximum absolute atomic E-state index is 11.3. The molecule has 7 nitrogen and oxygen atoms in total. The smallest absolute Gasteiger partial charge is 0.247 e. The van der Waals surface area contributed by atoms with E-state index in [4.69, 9.17) is 5.14 Å². The van der Waals surface area contributed by atoms with Crippen LogP contribution in [0.25, 0.3) is 0 Å². The van der Waals surface area contributed by atoms with Crippen LogP contribution in [0.4, 0.5) is 0 Å². The predicted molar refractivity (Wildman–Crippen MR) is 114 cm³/mol. The highest BCUT2D eigenvalue weighted by atomic mass is 32.2. The fraction of sp³-hybridized carbons (Fsp3) is 0.421. The molecule has 1 aromatic carbocycles. The summed E-state index contributed by atoms with van der Waals surface area (Å²) in [7, 11) is -1.93. The number of nitrogens with two attached hydrogens (primary N) is 1. The quantitative estimate of drug-likeness (QED) is 0.468. The molecule has 9 heteroatoms. The van der Waals surface area contributed by atoms with Crippen molar-refractivity contribution in [3.8, 4) is 0 Å². The molecular formula is C19H27N5O2S2. The van der Waals surface area contributed by atoms with E-state index in [0.29, 0.717) is 19.0 Å². The molecule has 1 aliphatic heterocycles. The zero-order chi connectivity index (χ0) is 20.0. The number of sulfonamides is 1. The largest absolute Gasteiger partial charge is 0.352 e. The Bertz CT molecular complexity index is 901. The van der Waals surface area contributed by atoms with Crippen LogP contribution in [0.3, 0.4) is 0 Å². The van der Waals surface area contributed by atoms with Gasteiger partial charge in [-0.1, -0.05) is 24.3 Å². The molecule has 0 amide bonds. The monoisotopic (exact) mass is 421 g/mol. The van der Waals surface area contributed by atoms with Gasteiger partial charge in [-0.25, -0.2) is 13.6 Å². The summed E-state index contributed by atoms with van der Waals surface area (Å²) in [6.07, 6.45) is 2.62. The van der Waals surface area contributed by atoms with Gasteiger partial charge in [-0.15, -0.1) is 11.3 Å². The minimum atomic E-state index is -3.64. The van der Waals surface area contributed by atoms with E-state index in [1.54, 1.807) is 13.1 Å². The molecule has 0 atom stereocenters. The molecule has 0 radical (unpaired) electrons. The first kappa shape index (κ1) is 20.8. The molecule has 2 heterocycles. The molecule has 4 N–H and O–H groups in total. The number of aliphatic imine (C=N–C) groups is 1. The van der Waals surface area contributed by atoms with Crippen LogP contribution in [0.2, 0.25) is 0 Å². The Morgan fingerprint density at radius 2 is 1.71 bits per heavy atom. The Balaban J connectivity index is 1.46. The molecule has 0 aliphatic carbocycles. The molecular weight excluding hydrogens is 394 g/mol. The number of likely N-dealkylation sites (tertiary alicyclic amines) is 1. The highest BCUT2D eigenvalue weighted by Gasteiger charge is 2.12. The van der Waals surface area contributed by atoms with Crippen LogP contribution in [-0.4, -0.2) is 39.4 Å². The van der Waals surface area contributed by atoms with Crippen molar-refractivity contribution in [1.29, 1.82) is 0 Å². The highest BCUT2D eigenvalue weighted by molar-refractivity contribution is 7.91. The van der Waals surface area contributed by atoms with E-state index in [1.807, 2.05) is 0 Å². The summed E-state index contributed by atoms with van der Waals surface area (Å²) in [6.45, 7) is 4.58. The molecule has 0 spiro atoms. The molecule has 2 aromatic rings. The van der Waals surface area contributed by atoms with E-state index < -0.39 is 10.0 Å². The van der Waals surface area contributed by atoms with E-state index in [1.165, 1.54) is 43.1 Å². The highest BCUT2D eigenvalue weighted by Crippen LogP contribution is 2.20. The Morgan fingerprint density at radius 1 is 1.07 bits per heavy atom. The summed E-state index contributed by atoms with van der Waals surface area (Å²) in [6, 6.07) is 11.9. The minimum absolute atomic E-state index is 0.168. The zero-order valence-corrected chi connectivity index (χ0v) is 17.7.